The molecule has 0 bridgehead atoms. The Kier molecular flexibility index (Phi) is 4.97. The summed E-state index contributed by atoms with van der Waals surface area (Å²) >= 11 is 0. The molecule has 0 aliphatic carbocycles. The predicted molar refractivity (Wildman–Crippen MR) is 161 cm³/mol. The third-order valence-corrected chi connectivity index (χ3v) is 7.71. The van der Waals surface area contributed by atoms with E-state index < -0.39 is 0 Å². The summed E-state index contributed by atoms with van der Waals surface area (Å²) in [6, 6.07) is 39.9. The molecule has 0 atom stereocenters. The van der Waals surface area contributed by atoms with Crippen LogP contribution in [0.15, 0.2) is 132 Å². The van der Waals surface area contributed by atoms with Crippen LogP contribution in [0.2, 0.25) is 0 Å². The number of benzene rings is 4. The second-order valence-corrected chi connectivity index (χ2v) is 9.99. The summed E-state index contributed by atoms with van der Waals surface area (Å²) in [6.45, 7) is 0. The van der Waals surface area contributed by atoms with Gasteiger partial charge in [-0.1, -0.05) is 54.6 Å². The van der Waals surface area contributed by atoms with Crippen LogP contribution in [-0.4, -0.2) is 19.1 Å². The van der Waals surface area contributed by atoms with E-state index in [1.807, 2.05) is 42.6 Å². The Hall–Kier alpha value is -5.42. The molecule has 40 heavy (non-hydrogen) atoms. The van der Waals surface area contributed by atoms with Gasteiger partial charge in [-0.25, -0.2) is 4.98 Å². The Morgan fingerprint density at radius 1 is 0.650 bits per heavy atom. The Labute approximate surface area is 230 Å². The van der Waals surface area contributed by atoms with Gasteiger partial charge in [0.05, 0.1) is 39.7 Å². The summed E-state index contributed by atoms with van der Waals surface area (Å²) < 4.78 is 10.4. The fraction of sp³-hybridized carbons (Fsp3) is 0.0286. The van der Waals surface area contributed by atoms with E-state index in [-0.39, 0.29) is 0 Å². The van der Waals surface area contributed by atoms with E-state index in [0.29, 0.717) is 0 Å². The maximum absolute atomic E-state index is 5.93. The molecule has 8 aromatic rings. The number of fused-ring (bicyclic) bond motifs is 4. The molecule has 0 aliphatic heterocycles. The summed E-state index contributed by atoms with van der Waals surface area (Å²) in [5, 5.41) is 2.38. The number of hydrogen-bond donors (Lipinski definition) is 0. The highest BCUT2D eigenvalue weighted by molar-refractivity contribution is 6.10. The Balaban J connectivity index is 1.45. The zero-order chi connectivity index (χ0) is 26.6. The highest BCUT2D eigenvalue weighted by Crippen LogP contribution is 2.39. The summed E-state index contributed by atoms with van der Waals surface area (Å²) in [5.74, 6) is 1.76. The van der Waals surface area contributed by atoms with E-state index in [1.165, 1.54) is 10.8 Å². The zero-order valence-corrected chi connectivity index (χ0v) is 21.8. The Morgan fingerprint density at radius 2 is 1.45 bits per heavy atom. The molecule has 5 nitrogen and oxygen atoms in total. The molecule has 190 valence electrons. The van der Waals surface area contributed by atoms with Gasteiger partial charge in [-0.2, -0.15) is 0 Å². The van der Waals surface area contributed by atoms with Crippen LogP contribution < -0.4 is 0 Å². The molecule has 0 N–H and O–H groups in total. The lowest BCUT2D eigenvalue weighted by atomic mass is 10.0. The van der Waals surface area contributed by atoms with Crippen molar-refractivity contribution >= 4 is 32.8 Å². The second kappa shape index (κ2) is 8.82. The van der Waals surface area contributed by atoms with E-state index in [0.717, 1.165) is 61.7 Å². The molecule has 0 aliphatic rings. The Bertz CT molecular complexity index is 2170. The van der Waals surface area contributed by atoms with Gasteiger partial charge in [-0.3, -0.25) is 4.98 Å². The average molecular weight is 517 g/mol. The first kappa shape index (κ1) is 22.6. The minimum atomic E-state index is 0.819. The number of hydrogen-bond acceptors (Lipinski definition) is 3. The number of pyridine rings is 1. The number of aromatic nitrogens is 4. The molecule has 0 radical (unpaired) electrons. The van der Waals surface area contributed by atoms with Crippen molar-refractivity contribution in [1.29, 1.82) is 0 Å². The summed E-state index contributed by atoms with van der Waals surface area (Å²) in [6.07, 6.45) is 3.56. The average Bonchev–Trinajstić information content (AvgIpc) is 3.74. The number of aryl methyl sites for hydroxylation is 1. The van der Waals surface area contributed by atoms with Crippen LogP contribution in [0, 0.1) is 0 Å². The van der Waals surface area contributed by atoms with Gasteiger partial charge in [0.2, 0.25) is 0 Å². The molecule has 0 unspecified atom stereocenters. The van der Waals surface area contributed by atoms with Crippen LogP contribution in [-0.2, 0) is 7.05 Å². The van der Waals surface area contributed by atoms with Crippen LogP contribution in [0.4, 0.5) is 0 Å². The van der Waals surface area contributed by atoms with Gasteiger partial charge in [-0.05, 0) is 60.7 Å². The standard InChI is InChI=1S/C35H24N4O/c1-38-31-13-5-3-11-29(31)37-35(38)24-16-17-26-25-9-2-4-12-30(25)39(32(26)22-24)33-21-23(28-10-6-7-19-36-28)15-18-27(33)34-14-8-20-40-34/h2-22H,1H3. The highest BCUT2D eigenvalue weighted by atomic mass is 16.3. The van der Waals surface area contributed by atoms with Crippen LogP contribution in [0.5, 0.6) is 0 Å². The molecule has 5 heteroatoms. The van der Waals surface area contributed by atoms with Crippen molar-refractivity contribution in [3.05, 3.63) is 128 Å². The Morgan fingerprint density at radius 3 is 2.27 bits per heavy atom. The van der Waals surface area contributed by atoms with Gasteiger partial charge < -0.3 is 13.6 Å². The maximum Gasteiger partial charge on any atom is 0.140 e. The molecular weight excluding hydrogens is 492 g/mol. The largest absolute Gasteiger partial charge is 0.464 e. The molecule has 0 saturated carbocycles. The number of furan rings is 1. The minimum absolute atomic E-state index is 0.819. The molecule has 0 amide bonds. The molecule has 0 saturated heterocycles. The first-order chi connectivity index (χ1) is 19.8. The van der Waals surface area contributed by atoms with E-state index in [4.69, 9.17) is 9.40 Å². The fourth-order valence-electron chi connectivity index (χ4n) is 5.82. The predicted octanol–water partition coefficient (Wildman–Crippen LogP) is 8.66. The van der Waals surface area contributed by atoms with Gasteiger partial charge in [0.25, 0.3) is 0 Å². The van der Waals surface area contributed by atoms with E-state index >= 15 is 0 Å². The van der Waals surface area contributed by atoms with Crippen molar-refractivity contribution in [2.24, 2.45) is 7.05 Å². The quantitative estimate of drug-likeness (QED) is 0.235. The van der Waals surface area contributed by atoms with Crippen molar-refractivity contribution in [1.82, 2.24) is 19.1 Å². The second-order valence-electron chi connectivity index (χ2n) is 9.99. The smallest absolute Gasteiger partial charge is 0.140 e. The van der Waals surface area contributed by atoms with E-state index in [9.17, 15) is 0 Å². The van der Waals surface area contributed by atoms with Crippen LogP contribution in [0.1, 0.15) is 0 Å². The molecule has 0 fully saturated rings. The van der Waals surface area contributed by atoms with Crippen molar-refractivity contribution in [2.75, 3.05) is 0 Å². The normalized spacial score (nSPS) is 11.6. The number of rotatable bonds is 4. The van der Waals surface area contributed by atoms with Crippen molar-refractivity contribution < 1.29 is 4.42 Å². The first-order valence-electron chi connectivity index (χ1n) is 13.3. The summed E-state index contributed by atoms with van der Waals surface area (Å²) in [7, 11) is 2.08. The third kappa shape index (κ3) is 3.41. The molecule has 8 rings (SSSR count). The molecule has 4 aromatic heterocycles. The van der Waals surface area contributed by atoms with Gasteiger partial charge in [0.15, 0.2) is 0 Å². The van der Waals surface area contributed by atoms with Gasteiger partial charge in [-0.15, -0.1) is 0 Å². The SMILES string of the molecule is Cn1c(-c2ccc3c4ccccc4n(-c4cc(-c5ccccn5)ccc4-c4ccco4)c3c2)nc2ccccc21. The molecule has 0 spiro atoms. The zero-order valence-electron chi connectivity index (χ0n) is 21.8. The lowest BCUT2D eigenvalue weighted by molar-refractivity contribution is 0.582. The van der Waals surface area contributed by atoms with Crippen LogP contribution >= 0.6 is 0 Å². The van der Waals surface area contributed by atoms with E-state index in [1.54, 1.807) is 6.26 Å². The third-order valence-electron chi connectivity index (χ3n) is 7.71. The molecule has 4 heterocycles. The topological polar surface area (TPSA) is 48.8 Å². The lowest BCUT2D eigenvalue weighted by Gasteiger charge is -2.15. The fourth-order valence-corrected chi connectivity index (χ4v) is 5.82. The van der Waals surface area contributed by atoms with Crippen molar-refractivity contribution in [3.8, 4) is 39.7 Å². The summed E-state index contributed by atoms with van der Waals surface area (Å²) in [4.78, 5) is 9.62. The molecule has 4 aromatic carbocycles. The first-order valence-corrected chi connectivity index (χ1v) is 13.3. The number of nitrogens with zero attached hydrogens (tertiary/aromatic N) is 4. The van der Waals surface area contributed by atoms with Gasteiger partial charge in [0.1, 0.15) is 11.6 Å². The highest BCUT2D eigenvalue weighted by Gasteiger charge is 2.19. The van der Waals surface area contributed by atoms with Gasteiger partial charge in [0, 0.05) is 40.7 Å². The van der Waals surface area contributed by atoms with Crippen molar-refractivity contribution in [2.45, 2.75) is 0 Å². The monoisotopic (exact) mass is 516 g/mol. The van der Waals surface area contributed by atoms with Gasteiger partial charge >= 0.3 is 0 Å². The minimum Gasteiger partial charge on any atom is -0.464 e. The lowest BCUT2D eigenvalue weighted by Crippen LogP contribution is -1.99. The molecular formula is C35H24N4O. The van der Waals surface area contributed by atoms with E-state index in [2.05, 4.69) is 100 Å². The number of para-hydroxylation sites is 3. The van der Waals surface area contributed by atoms with Crippen LogP contribution in [0.3, 0.4) is 0 Å². The van der Waals surface area contributed by atoms with Crippen LogP contribution in [0.25, 0.3) is 72.5 Å². The number of imidazole rings is 1. The summed E-state index contributed by atoms with van der Waals surface area (Å²) in [5.41, 5.74) is 9.43. The van der Waals surface area contributed by atoms with Crippen molar-refractivity contribution in [3.63, 3.8) is 0 Å². The maximum atomic E-state index is 5.93.